The Hall–Kier alpha value is -1.60. The van der Waals surface area contributed by atoms with Crippen molar-refractivity contribution in [2.75, 3.05) is 12.8 Å². The van der Waals surface area contributed by atoms with Crippen LogP contribution in [0, 0.1) is 0 Å². The summed E-state index contributed by atoms with van der Waals surface area (Å²) < 4.78 is 4.85. The number of aromatic nitrogens is 2. The summed E-state index contributed by atoms with van der Waals surface area (Å²) in [5, 5.41) is 3.85. The fourth-order valence-electron chi connectivity index (χ4n) is 1.62. The summed E-state index contributed by atoms with van der Waals surface area (Å²) in [5.41, 5.74) is 7.50. The molecule has 106 valence electrons. The predicted octanol–water partition coefficient (Wildman–Crippen LogP) is 2.69. The number of nitrogens with zero attached hydrogens (tertiary/aromatic N) is 2. The van der Waals surface area contributed by atoms with Gasteiger partial charge in [-0.3, -0.25) is 4.79 Å². The molecule has 0 fully saturated rings. The van der Waals surface area contributed by atoms with Gasteiger partial charge in [-0.15, -0.1) is 0 Å². The number of aryl methyl sites for hydroxylation is 1. The summed E-state index contributed by atoms with van der Waals surface area (Å²) in [5.74, 6) is 0.0887. The van der Waals surface area contributed by atoms with Crippen LogP contribution in [0.15, 0.2) is 28.0 Å². The smallest absolute Gasteiger partial charge is 0.323 e. The van der Waals surface area contributed by atoms with Crippen molar-refractivity contribution in [1.82, 2.24) is 9.97 Å². The first-order valence-corrected chi connectivity index (χ1v) is 7.86. The summed E-state index contributed by atoms with van der Waals surface area (Å²) in [6, 6.07) is 3.63. The zero-order valence-electron chi connectivity index (χ0n) is 11.2. The molecule has 0 aliphatic rings. The van der Waals surface area contributed by atoms with E-state index >= 15 is 0 Å². The van der Waals surface area contributed by atoms with E-state index in [-0.39, 0.29) is 5.97 Å². The fourth-order valence-corrected chi connectivity index (χ4v) is 3.40. The van der Waals surface area contributed by atoms with Crippen molar-refractivity contribution in [2.45, 2.75) is 23.8 Å². The first-order chi connectivity index (χ1) is 9.63. The van der Waals surface area contributed by atoms with Crippen LogP contribution in [0.5, 0.6) is 0 Å². The molecule has 0 bridgehead atoms. The molecule has 2 aromatic rings. The number of nitrogens with two attached hydrogens (primary N) is 1. The number of anilines is 1. The number of esters is 1. The molecule has 2 heterocycles. The summed E-state index contributed by atoms with van der Waals surface area (Å²) in [7, 11) is 1.37. The standard InChI is InChI=1S/C13H15N3O2S2/c1-3-9-6-10(14)16-13(15-9)20-11(12(17)18-2)8-4-5-19-7-8/h4-7,11H,3H2,1-2H3,(H2,14,15,16)/t11-/m0/s1. The maximum Gasteiger partial charge on any atom is 0.323 e. The number of rotatable bonds is 5. The zero-order chi connectivity index (χ0) is 14.5. The maximum absolute atomic E-state index is 11.9. The van der Waals surface area contributed by atoms with E-state index in [2.05, 4.69) is 9.97 Å². The van der Waals surface area contributed by atoms with E-state index < -0.39 is 5.25 Å². The second kappa shape index (κ2) is 6.71. The van der Waals surface area contributed by atoms with Crippen LogP contribution in [-0.4, -0.2) is 23.0 Å². The van der Waals surface area contributed by atoms with Crippen LogP contribution in [0.3, 0.4) is 0 Å². The summed E-state index contributed by atoms with van der Waals surface area (Å²) in [4.78, 5) is 20.5. The van der Waals surface area contributed by atoms with Crippen LogP contribution in [0.25, 0.3) is 0 Å². The maximum atomic E-state index is 11.9. The van der Waals surface area contributed by atoms with Crippen LogP contribution >= 0.6 is 23.1 Å². The molecule has 0 unspecified atom stereocenters. The zero-order valence-corrected chi connectivity index (χ0v) is 12.8. The first-order valence-electron chi connectivity index (χ1n) is 6.04. The lowest BCUT2D eigenvalue weighted by Gasteiger charge is -2.12. The summed E-state index contributed by atoms with van der Waals surface area (Å²) >= 11 is 2.78. The number of ether oxygens (including phenoxy) is 1. The monoisotopic (exact) mass is 309 g/mol. The molecular weight excluding hydrogens is 294 g/mol. The molecule has 0 radical (unpaired) electrons. The highest BCUT2D eigenvalue weighted by Crippen LogP contribution is 2.35. The molecule has 20 heavy (non-hydrogen) atoms. The van der Waals surface area contributed by atoms with Gasteiger partial charge in [-0.05, 0) is 28.8 Å². The van der Waals surface area contributed by atoms with Gasteiger partial charge in [-0.2, -0.15) is 11.3 Å². The Morgan fingerprint density at radius 3 is 2.95 bits per heavy atom. The molecular formula is C13H15N3O2S2. The van der Waals surface area contributed by atoms with Gasteiger partial charge in [0.2, 0.25) is 0 Å². The number of hydrogen-bond acceptors (Lipinski definition) is 7. The normalized spacial score (nSPS) is 12.1. The van der Waals surface area contributed by atoms with Gasteiger partial charge in [0.25, 0.3) is 0 Å². The number of nitrogen functional groups attached to an aromatic ring is 1. The number of thioether (sulfide) groups is 1. The van der Waals surface area contributed by atoms with E-state index in [0.717, 1.165) is 17.7 Å². The third-order valence-electron chi connectivity index (χ3n) is 2.63. The lowest BCUT2D eigenvalue weighted by molar-refractivity contribution is -0.140. The number of thiophene rings is 1. The SMILES string of the molecule is CCc1cc(N)nc(S[C@H](C(=O)OC)c2ccsc2)n1. The Labute approximate surface area is 125 Å². The van der Waals surface area contributed by atoms with Crippen LogP contribution in [0.4, 0.5) is 5.82 Å². The molecule has 0 aliphatic heterocycles. The molecule has 1 atom stereocenters. The second-order valence-electron chi connectivity index (χ2n) is 4.00. The Morgan fingerprint density at radius 2 is 2.35 bits per heavy atom. The first kappa shape index (κ1) is 14.8. The molecule has 0 saturated carbocycles. The Kier molecular flexibility index (Phi) is 4.97. The molecule has 2 N–H and O–H groups in total. The van der Waals surface area contributed by atoms with Gasteiger partial charge in [-0.25, -0.2) is 9.97 Å². The van der Waals surface area contributed by atoms with E-state index in [1.165, 1.54) is 30.2 Å². The van der Waals surface area contributed by atoms with Gasteiger partial charge in [0.05, 0.1) is 7.11 Å². The Morgan fingerprint density at radius 1 is 1.55 bits per heavy atom. The lowest BCUT2D eigenvalue weighted by atomic mass is 10.2. The molecule has 5 nitrogen and oxygen atoms in total. The van der Waals surface area contributed by atoms with Crippen LogP contribution < -0.4 is 5.73 Å². The number of carbonyl (C=O) groups excluding carboxylic acids is 1. The molecule has 2 rings (SSSR count). The van der Waals surface area contributed by atoms with E-state index in [0.29, 0.717) is 11.0 Å². The molecule has 7 heteroatoms. The van der Waals surface area contributed by atoms with Gasteiger partial charge in [0.15, 0.2) is 5.16 Å². The third kappa shape index (κ3) is 3.49. The third-order valence-corrected chi connectivity index (χ3v) is 4.42. The van der Waals surface area contributed by atoms with Crippen molar-refractivity contribution in [1.29, 1.82) is 0 Å². The Bertz CT molecular complexity index is 587. The van der Waals surface area contributed by atoms with Crippen molar-refractivity contribution in [3.05, 3.63) is 34.2 Å². The van der Waals surface area contributed by atoms with E-state index in [1.807, 2.05) is 23.8 Å². The molecule has 0 spiro atoms. The van der Waals surface area contributed by atoms with Crippen molar-refractivity contribution in [3.63, 3.8) is 0 Å². The van der Waals surface area contributed by atoms with Crippen LogP contribution in [0.2, 0.25) is 0 Å². The molecule has 0 amide bonds. The van der Waals surface area contributed by atoms with Gasteiger partial charge < -0.3 is 10.5 Å². The highest BCUT2D eigenvalue weighted by Gasteiger charge is 2.24. The Balaban J connectivity index is 2.28. The van der Waals surface area contributed by atoms with Crippen molar-refractivity contribution < 1.29 is 9.53 Å². The van der Waals surface area contributed by atoms with Gasteiger partial charge in [0, 0.05) is 11.8 Å². The number of methoxy groups -OCH3 is 1. The minimum atomic E-state index is -0.474. The average Bonchev–Trinajstić information content (AvgIpc) is 2.97. The fraction of sp³-hybridized carbons (Fsp3) is 0.308. The number of hydrogen-bond donors (Lipinski definition) is 1. The summed E-state index contributed by atoms with van der Waals surface area (Å²) in [6.45, 7) is 1.99. The molecule has 0 saturated heterocycles. The summed E-state index contributed by atoms with van der Waals surface area (Å²) in [6.07, 6.45) is 0.765. The van der Waals surface area contributed by atoms with Gasteiger partial charge in [0.1, 0.15) is 11.1 Å². The van der Waals surface area contributed by atoms with Crippen molar-refractivity contribution >= 4 is 34.9 Å². The van der Waals surface area contributed by atoms with Crippen LogP contribution in [0.1, 0.15) is 23.4 Å². The minimum absolute atomic E-state index is 0.322. The largest absolute Gasteiger partial charge is 0.468 e. The molecule has 0 aromatic carbocycles. The van der Waals surface area contributed by atoms with E-state index in [1.54, 1.807) is 6.07 Å². The average molecular weight is 309 g/mol. The quantitative estimate of drug-likeness (QED) is 0.520. The van der Waals surface area contributed by atoms with Crippen molar-refractivity contribution in [2.24, 2.45) is 0 Å². The molecule has 2 aromatic heterocycles. The second-order valence-corrected chi connectivity index (χ2v) is 5.85. The lowest BCUT2D eigenvalue weighted by Crippen LogP contribution is -2.11. The van der Waals surface area contributed by atoms with Gasteiger partial charge in [-0.1, -0.05) is 18.7 Å². The topological polar surface area (TPSA) is 78.1 Å². The van der Waals surface area contributed by atoms with E-state index in [4.69, 9.17) is 10.5 Å². The van der Waals surface area contributed by atoms with E-state index in [9.17, 15) is 4.79 Å². The predicted molar refractivity (Wildman–Crippen MR) is 80.8 cm³/mol. The van der Waals surface area contributed by atoms with Crippen LogP contribution in [-0.2, 0) is 16.0 Å². The highest BCUT2D eigenvalue weighted by atomic mass is 32.2. The van der Waals surface area contributed by atoms with Gasteiger partial charge >= 0.3 is 5.97 Å². The highest BCUT2D eigenvalue weighted by molar-refractivity contribution is 8.00. The number of carbonyl (C=O) groups is 1. The van der Waals surface area contributed by atoms with Crippen molar-refractivity contribution in [3.8, 4) is 0 Å². The minimum Gasteiger partial charge on any atom is -0.468 e. The molecule has 0 aliphatic carbocycles.